The Bertz CT molecular complexity index is 167. The highest BCUT2D eigenvalue weighted by atomic mass is 14.8. The van der Waals surface area contributed by atoms with Crippen molar-refractivity contribution in [3.8, 4) is 0 Å². The standard InChI is InChI=1S/C5H7BN2/c1-4-5(6)8-3-2-7-4/h2-3H,6H2,1H3. The van der Waals surface area contributed by atoms with Crippen molar-refractivity contribution in [3.05, 3.63) is 18.1 Å². The summed E-state index contributed by atoms with van der Waals surface area (Å²) in [5.41, 5.74) is 2.01. The molecule has 0 spiro atoms. The normalized spacial score (nSPS) is 9.12. The van der Waals surface area contributed by atoms with E-state index in [1.54, 1.807) is 12.4 Å². The van der Waals surface area contributed by atoms with Gasteiger partial charge in [-0.25, -0.2) is 0 Å². The number of aryl methyl sites for hydroxylation is 1. The Morgan fingerprint density at radius 2 is 2.00 bits per heavy atom. The van der Waals surface area contributed by atoms with E-state index in [0.29, 0.717) is 0 Å². The maximum Gasteiger partial charge on any atom is 0.166 e. The Kier molecular flexibility index (Phi) is 1.28. The summed E-state index contributed by atoms with van der Waals surface area (Å²) in [6, 6.07) is 0. The fourth-order valence-corrected chi connectivity index (χ4v) is 0.477. The van der Waals surface area contributed by atoms with Gasteiger partial charge in [0.15, 0.2) is 7.85 Å². The zero-order valence-corrected chi connectivity index (χ0v) is 5.05. The van der Waals surface area contributed by atoms with Crippen LogP contribution >= 0.6 is 0 Å². The van der Waals surface area contributed by atoms with E-state index < -0.39 is 0 Å². The molecule has 0 aliphatic carbocycles. The first kappa shape index (κ1) is 5.28. The number of hydrogen-bond acceptors (Lipinski definition) is 2. The Labute approximate surface area is 49.4 Å². The third-order valence-electron chi connectivity index (χ3n) is 1.13. The molecule has 1 aromatic rings. The minimum Gasteiger partial charge on any atom is -0.269 e. The molecule has 0 N–H and O–H groups in total. The highest BCUT2D eigenvalue weighted by Gasteiger charge is 1.87. The smallest absolute Gasteiger partial charge is 0.166 e. The number of rotatable bonds is 0. The quantitative estimate of drug-likeness (QED) is 0.398. The SMILES string of the molecule is Bc1nccnc1C. The summed E-state index contributed by atoms with van der Waals surface area (Å²) < 4.78 is 0. The fourth-order valence-electron chi connectivity index (χ4n) is 0.477. The van der Waals surface area contributed by atoms with E-state index in [1.165, 1.54) is 0 Å². The van der Waals surface area contributed by atoms with Crippen LogP contribution in [0.1, 0.15) is 5.69 Å². The van der Waals surface area contributed by atoms with Crippen LogP contribution in [-0.2, 0) is 0 Å². The van der Waals surface area contributed by atoms with Crippen LogP contribution in [0.2, 0.25) is 0 Å². The van der Waals surface area contributed by atoms with Crippen molar-refractivity contribution in [2.24, 2.45) is 0 Å². The topological polar surface area (TPSA) is 25.8 Å². The average molecular weight is 106 g/mol. The Morgan fingerprint density at radius 1 is 1.38 bits per heavy atom. The van der Waals surface area contributed by atoms with E-state index in [4.69, 9.17) is 0 Å². The Balaban J connectivity index is 3.13. The molecule has 0 aromatic carbocycles. The summed E-state index contributed by atoms with van der Waals surface area (Å²) in [5.74, 6) is 0. The molecule has 8 heavy (non-hydrogen) atoms. The highest BCUT2D eigenvalue weighted by molar-refractivity contribution is 6.31. The van der Waals surface area contributed by atoms with Gasteiger partial charge in [-0.05, 0) is 6.92 Å². The minimum absolute atomic E-state index is 1.01. The van der Waals surface area contributed by atoms with Gasteiger partial charge in [-0.3, -0.25) is 9.97 Å². The van der Waals surface area contributed by atoms with Crippen LogP contribution < -0.4 is 5.59 Å². The maximum absolute atomic E-state index is 4.02. The van der Waals surface area contributed by atoms with Gasteiger partial charge in [0.05, 0.1) is 0 Å². The van der Waals surface area contributed by atoms with Crippen molar-refractivity contribution in [2.75, 3.05) is 0 Å². The molecule has 2 nitrogen and oxygen atoms in total. The number of nitrogens with zero attached hydrogens (tertiary/aromatic N) is 2. The van der Waals surface area contributed by atoms with Gasteiger partial charge in [-0.2, -0.15) is 0 Å². The maximum atomic E-state index is 4.02. The van der Waals surface area contributed by atoms with Crippen LogP contribution in [0.5, 0.6) is 0 Å². The summed E-state index contributed by atoms with van der Waals surface area (Å²) in [6.07, 6.45) is 3.39. The predicted octanol–water partition coefficient (Wildman–Crippen LogP) is -0.957. The molecule has 0 saturated carbocycles. The Morgan fingerprint density at radius 3 is 2.38 bits per heavy atom. The van der Waals surface area contributed by atoms with E-state index in [2.05, 4.69) is 9.97 Å². The van der Waals surface area contributed by atoms with Crippen LogP contribution in [-0.4, -0.2) is 17.8 Å². The molecule has 0 radical (unpaired) electrons. The summed E-state index contributed by atoms with van der Waals surface area (Å²) in [4.78, 5) is 8.03. The van der Waals surface area contributed by atoms with Crippen molar-refractivity contribution in [1.82, 2.24) is 9.97 Å². The van der Waals surface area contributed by atoms with Crippen LogP contribution in [0.15, 0.2) is 12.4 Å². The van der Waals surface area contributed by atoms with Gasteiger partial charge < -0.3 is 0 Å². The first-order valence-corrected chi connectivity index (χ1v) is 2.55. The Hall–Kier alpha value is -0.855. The molecule has 0 saturated heterocycles. The van der Waals surface area contributed by atoms with Crippen molar-refractivity contribution in [1.29, 1.82) is 0 Å². The largest absolute Gasteiger partial charge is 0.269 e. The summed E-state index contributed by atoms with van der Waals surface area (Å²) in [7, 11) is 1.95. The van der Waals surface area contributed by atoms with Crippen LogP contribution in [0.25, 0.3) is 0 Å². The second kappa shape index (κ2) is 1.94. The lowest BCUT2D eigenvalue weighted by atomic mass is 10.0. The van der Waals surface area contributed by atoms with Crippen molar-refractivity contribution < 1.29 is 0 Å². The summed E-state index contributed by atoms with van der Waals surface area (Å²) in [6.45, 7) is 1.95. The molecule has 0 unspecified atom stereocenters. The highest BCUT2D eigenvalue weighted by Crippen LogP contribution is 1.77. The summed E-state index contributed by atoms with van der Waals surface area (Å²) >= 11 is 0. The van der Waals surface area contributed by atoms with E-state index >= 15 is 0 Å². The molecule has 1 heterocycles. The minimum atomic E-state index is 1.01. The van der Waals surface area contributed by atoms with Crippen molar-refractivity contribution >= 4 is 13.4 Å². The van der Waals surface area contributed by atoms with Gasteiger partial charge >= 0.3 is 0 Å². The zero-order valence-electron chi connectivity index (χ0n) is 5.05. The van der Waals surface area contributed by atoms with E-state index in [1.807, 2.05) is 14.8 Å². The van der Waals surface area contributed by atoms with Gasteiger partial charge in [-0.1, -0.05) is 0 Å². The predicted molar refractivity (Wildman–Crippen MR) is 34.9 cm³/mol. The third-order valence-corrected chi connectivity index (χ3v) is 1.13. The fraction of sp³-hybridized carbons (Fsp3) is 0.200. The van der Waals surface area contributed by atoms with E-state index in [-0.39, 0.29) is 0 Å². The molecule has 0 bridgehead atoms. The molecule has 3 heteroatoms. The monoisotopic (exact) mass is 106 g/mol. The average Bonchev–Trinajstić information content (AvgIpc) is 1.77. The molecule has 40 valence electrons. The molecule has 1 rings (SSSR count). The molecule has 0 aliphatic heterocycles. The molecule has 0 atom stereocenters. The molecule has 0 aliphatic rings. The van der Waals surface area contributed by atoms with Gasteiger partial charge in [0.25, 0.3) is 0 Å². The number of hydrogen-bond donors (Lipinski definition) is 0. The third kappa shape index (κ3) is 0.859. The number of aromatic nitrogens is 2. The van der Waals surface area contributed by atoms with E-state index in [0.717, 1.165) is 11.3 Å². The van der Waals surface area contributed by atoms with Crippen LogP contribution in [0.4, 0.5) is 0 Å². The van der Waals surface area contributed by atoms with Gasteiger partial charge in [0.2, 0.25) is 0 Å². The lowest BCUT2D eigenvalue weighted by molar-refractivity contribution is 1.15. The molecular weight excluding hydrogens is 98.9 g/mol. The first-order valence-electron chi connectivity index (χ1n) is 2.55. The van der Waals surface area contributed by atoms with Gasteiger partial charge in [0, 0.05) is 23.7 Å². The van der Waals surface area contributed by atoms with Crippen LogP contribution in [0.3, 0.4) is 0 Å². The molecule has 1 aromatic heterocycles. The van der Waals surface area contributed by atoms with Crippen molar-refractivity contribution in [3.63, 3.8) is 0 Å². The van der Waals surface area contributed by atoms with E-state index in [9.17, 15) is 0 Å². The second-order valence-corrected chi connectivity index (χ2v) is 1.73. The molecular formula is C5H7BN2. The van der Waals surface area contributed by atoms with Crippen molar-refractivity contribution in [2.45, 2.75) is 6.92 Å². The van der Waals surface area contributed by atoms with Gasteiger partial charge in [-0.15, -0.1) is 0 Å². The lowest BCUT2D eigenvalue weighted by Crippen LogP contribution is -2.12. The molecule has 0 amide bonds. The lowest BCUT2D eigenvalue weighted by Gasteiger charge is -1.91. The zero-order chi connectivity index (χ0) is 5.98. The summed E-state index contributed by atoms with van der Waals surface area (Å²) in [5, 5.41) is 0. The van der Waals surface area contributed by atoms with Gasteiger partial charge in [0.1, 0.15) is 0 Å². The second-order valence-electron chi connectivity index (χ2n) is 1.73. The first-order chi connectivity index (χ1) is 3.80. The molecule has 0 fully saturated rings. The van der Waals surface area contributed by atoms with Crippen LogP contribution in [0, 0.1) is 6.92 Å².